The molecular weight excluding hydrogens is 222 g/mol. The van der Waals surface area contributed by atoms with Crippen molar-refractivity contribution in [1.29, 1.82) is 0 Å². The molecule has 0 spiro atoms. The molecular formula is C16H27NO. The Morgan fingerprint density at radius 3 is 2.50 bits per heavy atom. The maximum absolute atomic E-state index is 12.0. The second-order valence-electron chi connectivity index (χ2n) is 5.13. The van der Waals surface area contributed by atoms with Crippen LogP contribution in [0.5, 0.6) is 0 Å². The summed E-state index contributed by atoms with van der Waals surface area (Å²) >= 11 is 0. The Bertz CT molecular complexity index is 313. The highest BCUT2D eigenvalue weighted by atomic mass is 16.2. The second kappa shape index (κ2) is 8.12. The van der Waals surface area contributed by atoms with E-state index in [1.165, 1.54) is 5.57 Å². The fourth-order valence-corrected chi connectivity index (χ4v) is 2.01. The van der Waals surface area contributed by atoms with Gasteiger partial charge < -0.3 is 4.90 Å². The monoisotopic (exact) mass is 249 g/mol. The van der Waals surface area contributed by atoms with Gasteiger partial charge in [-0.25, -0.2) is 0 Å². The van der Waals surface area contributed by atoms with Gasteiger partial charge in [-0.05, 0) is 46.0 Å². The topological polar surface area (TPSA) is 20.3 Å². The summed E-state index contributed by atoms with van der Waals surface area (Å²) in [4.78, 5) is 14.0. The lowest BCUT2D eigenvalue weighted by molar-refractivity contribution is -0.131. The molecule has 1 rings (SSSR count). The summed E-state index contributed by atoms with van der Waals surface area (Å²) in [5.74, 6) is 0.696. The molecule has 1 aliphatic carbocycles. The minimum atomic E-state index is 0.338. The predicted octanol–water partition coefficient (Wildman–Crippen LogP) is 3.94. The van der Waals surface area contributed by atoms with E-state index in [2.05, 4.69) is 39.0 Å². The van der Waals surface area contributed by atoms with Crippen LogP contribution in [0.4, 0.5) is 0 Å². The van der Waals surface area contributed by atoms with E-state index in [4.69, 9.17) is 0 Å². The fourth-order valence-electron chi connectivity index (χ4n) is 2.01. The predicted molar refractivity (Wildman–Crippen MR) is 77.4 cm³/mol. The first kappa shape index (κ1) is 15.0. The van der Waals surface area contributed by atoms with Gasteiger partial charge in [0.15, 0.2) is 0 Å². The summed E-state index contributed by atoms with van der Waals surface area (Å²) in [6, 6.07) is 0. The number of allylic oxidation sites excluding steroid dienone is 3. The molecule has 0 bridgehead atoms. The van der Waals surface area contributed by atoms with Crippen molar-refractivity contribution in [2.75, 3.05) is 13.1 Å². The number of nitrogens with zero attached hydrogens (tertiary/aromatic N) is 1. The quantitative estimate of drug-likeness (QED) is 0.471. The highest BCUT2D eigenvalue weighted by Gasteiger charge is 2.32. The number of likely N-dealkylation sites (N-methyl/N-ethyl adjacent to an activating group) is 1. The van der Waals surface area contributed by atoms with Crippen LogP contribution in [-0.4, -0.2) is 23.9 Å². The van der Waals surface area contributed by atoms with E-state index in [0.29, 0.717) is 11.8 Å². The van der Waals surface area contributed by atoms with Crippen LogP contribution in [0, 0.1) is 5.92 Å². The molecule has 1 fully saturated rings. The van der Waals surface area contributed by atoms with Gasteiger partial charge in [0.1, 0.15) is 0 Å². The molecule has 0 heterocycles. The molecule has 0 radical (unpaired) electrons. The van der Waals surface area contributed by atoms with Crippen molar-refractivity contribution in [2.24, 2.45) is 5.92 Å². The van der Waals surface area contributed by atoms with Gasteiger partial charge in [-0.2, -0.15) is 0 Å². The zero-order valence-corrected chi connectivity index (χ0v) is 12.1. The van der Waals surface area contributed by atoms with Crippen LogP contribution in [-0.2, 0) is 4.79 Å². The maximum Gasteiger partial charge on any atom is 0.225 e. The Labute approximate surface area is 112 Å². The van der Waals surface area contributed by atoms with Gasteiger partial charge in [0.25, 0.3) is 0 Å². The first-order valence-corrected chi connectivity index (χ1v) is 7.28. The average molecular weight is 249 g/mol. The van der Waals surface area contributed by atoms with Gasteiger partial charge in [-0.15, -0.1) is 0 Å². The Hall–Kier alpha value is -1.05. The van der Waals surface area contributed by atoms with E-state index in [9.17, 15) is 4.79 Å². The smallest absolute Gasteiger partial charge is 0.225 e. The van der Waals surface area contributed by atoms with Gasteiger partial charge in [0.05, 0.1) is 0 Å². The van der Waals surface area contributed by atoms with Gasteiger partial charge >= 0.3 is 0 Å². The van der Waals surface area contributed by atoms with E-state index in [-0.39, 0.29) is 0 Å². The van der Waals surface area contributed by atoms with E-state index in [1.807, 2.05) is 4.90 Å². The first-order chi connectivity index (χ1) is 8.69. The lowest BCUT2D eigenvalue weighted by Crippen LogP contribution is -2.33. The normalized spacial score (nSPS) is 16.3. The Balaban J connectivity index is 2.31. The van der Waals surface area contributed by atoms with E-state index in [0.717, 1.165) is 45.2 Å². The SMILES string of the molecule is CCC=CCCC=C(C)CN(CC)C(=O)C1CC1. The van der Waals surface area contributed by atoms with Crippen LogP contribution in [0.3, 0.4) is 0 Å². The first-order valence-electron chi connectivity index (χ1n) is 7.28. The minimum Gasteiger partial charge on any atom is -0.339 e. The molecule has 2 heteroatoms. The third kappa shape index (κ3) is 5.52. The van der Waals surface area contributed by atoms with E-state index >= 15 is 0 Å². The number of unbranched alkanes of at least 4 members (excludes halogenated alkanes) is 1. The highest BCUT2D eigenvalue weighted by Crippen LogP contribution is 2.31. The lowest BCUT2D eigenvalue weighted by atomic mass is 10.2. The molecule has 0 unspecified atom stereocenters. The molecule has 102 valence electrons. The zero-order valence-electron chi connectivity index (χ0n) is 12.1. The average Bonchev–Trinajstić information content (AvgIpc) is 3.19. The molecule has 0 aromatic rings. The summed E-state index contributed by atoms with van der Waals surface area (Å²) in [5, 5.41) is 0. The number of amides is 1. The molecule has 1 aliphatic rings. The molecule has 0 saturated heterocycles. The minimum absolute atomic E-state index is 0.338. The van der Waals surface area contributed by atoms with Crippen molar-refractivity contribution in [1.82, 2.24) is 4.90 Å². The van der Waals surface area contributed by atoms with E-state index in [1.54, 1.807) is 0 Å². The van der Waals surface area contributed by atoms with Gasteiger partial charge in [0.2, 0.25) is 5.91 Å². The van der Waals surface area contributed by atoms with Gasteiger partial charge in [0, 0.05) is 19.0 Å². The van der Waals surface area contributed by atoms with E-state index < -0.39 is 0 Å². The summed E-state index contributed by atoms with van der Waals surface area (Å²) in [7, 11) is 0. The molecule has 1 amide bonds. The third-order valence-corrected chi connectivity index (χ3v) is 3.29. The van der Waals surface area contributed by atoms with Crippen molar-refractivity contribution in [2.45, 2.75) is 52.9 Å². The standard InChI is InChI=1S/C16H27NO/c1-4-6-7-8-9-10-14(3)13-17(5-2)16(18)15-11-12-15/h6-7,10,15H,4-5,8-9,11-13H2,1-3H3. The summed E-state index contributed by atoms with van der Waals surface area (Å²) in [6.07, 6.45) is 12.2. The molecule has 18 heavy (non-hydrogen) atoms. The van der Waals surface area contributed by atoms with Crippen molar-refractivity contribution < 1.29 is 4.79 Å². The number of rotatable bonds is 8. The summed E-state index contributed by atoms with van der Waals surface area (Å²) in [6.45, 7) is 7.99. The van der Waals surface area contributed by atoms with Crippen LogP contribution >= 0.6 is 0 Å². The number of hydrogen-bond donors (Lipinski definition) is 0. The van der Waals surface area contributed by atoms with Gasteiger partial charge in [-0.1, -0.05) is 30.7 Å². The summed E-state index contributed by atoms with van der Waals surface area (Å²) in [5.41, 5.74) is 1.32. The molecule has 0 aliphatic heterocycles. The van der Waals surface area contributed by atoms with Crippen LogP contribution in [0.15, 0.2) is 23.8 Å². The lowest BCUT2D eigenvalue weighted by Gasteiger charge is -2.21. The summed E-state index contributed by atoms with van der Waals surface area (Å²) < 4.78 is 0. The second-order valence-corrected chi connectivity index (χ2v) is 5.13. The number of hydrogen-bond acceptors (Lipinski definition) is 1. The maximum atomic E-state index is 12.0. The largest absolute Gasteiger partial charge is 0.339 e. The van der Waals surface area contributed by atoms with Crippen molar-refractivity contribution in [3.63, 3.8) is 0 Å². The van der Waals surface area contributed by atoms with Crippen LogP contribution in [0.1, 0.15) is 52.9 Å². The Kier molecular flexibility index (Phi) is 6.77. The molecule has 0 N–H and O–H groups in total. The number of carbonyl (C=O) groups excluding carboxylic acids is 1. The molecule has 1 saturated carbocycles. The van der Waals surface area contributed by atoms with Crippen LogP contribution in [0.25, 0.3) is 0 Å². The van der Waals surface area contributed by atoms with Crippen molar-refractivity contribution in [3.8, 4) is 0 Å². The van der Waals surface area contributed by atoms with Crippen molar-refractivity contribution >= 4 is 5.91 Å². The van der Waals surface area contributed by atoms with Crippen molar-refractivity contribution in [3.05, 3.63) is 23.8 Å². The third-order valence-electron chi connectivity index (χ3n) is 3.29. The molecule has 0 atom stereocenters. The molecule has 2 nitrogen and oxygen atoms in total. The Morgan fingerprint density at radius 2 is 1.94 bits per heavy atom. The Morgan fingerprint density at radius 1 is 1.22 bits per heavy atom. The van der Waals surface area contributed by atoms with Crippen LogP contribution < -0.4 is 0 Å². The highest BCUT2D eigenvalue weighted by molar-refractivity contribution is 5.81. The fraction of sp³-hybridized carbons (Fsp3) is 0.688. The molecule has 0 aromatic heterocycles. The number of carbonyl (C=O) groups is 1. The zero-order chi connectivity index (χ0) is 13.4. The van der Waals surface area contributed by atoms with Crippen LogP contribution in [0.2, 0.25) is 0 Å². The van der Waals surface area contributed by atoms with Gasteiger partial charge in [-0.3, -0.25) is 4.79 Å². The molecule has 0 aromatic carbocycles.